The van der Waals surface area contributed by atoms with E-state index in [0.29, 0.717) is 6.10 Å². The maximum absolute atomic E-state index is 9.16. The Morgan fingerprint density at radius 1 is 1.42 bits per heavy atom. The van der Waals surface area contributed by atoms with E-state index in [1.807, 2.05) is 4.90 Å². The quantitative estimate of drug-likeness (QED) is 0.671. The summed E-state index contributed by atoms with van der Waals surface area (Å²) >= 11 is 0. The molecule has 1 aliphatic heterocycles. The van der Waals surface area contributed by atoms with Gasteiger partial charge in [0.2, 0.25) is 0 Å². The van der Waals surface area contributed by atoms with Crippen molar-refractivity contribution in [3.05, 3.63) is 0 Å². The van der Waals surface area contributed by atoms with Gasteiger partial charge in [0.25, 0.3) is 0 Å². The Morgan fingerprint density at radius 3 is 2.25 bits per heavy atom. The molecule has 1 unspecified atom stereocenters. The first-order valence-electron chi connectivity index (χ1n) is 4.48. The summed E-state index contributed by atoms with van der Waals surface area (Å²) in [6.07, 6.45) is -0.0237. The van der Waals surface area contributed by atoms with Crippen LogP contribution in [0, 0.1) is 0 Å². The molecule has 1 atom stereocenters. The second kappa shape index (κ2) is 3.32. The van der Waals surface area contributed by atoms with Gasteiger partial charge in [0.05, 0.1) is 11.7 Å². The van der Waals surface area contributed by atoms with Crippen LogP contribution in [0.5, 0.6) is 0 Å². The Labute approximate surface area is 74.3 Å². The van der Waals surface area contributed by atoms with Crippen molar-refractivity contribution in [1.82, 2.24) is 4.90 Å². The average Bonchev–Trinajstić information content (AvgIpc) is 1.74. The van der Waals surface area contributed by atoms with Crippen LogP contribution in [-0.2, 0) is 4.74 Å². The molecule has 1 heterocycles. The lowest BCUT2D eigenvalue weighted by Gasteiger charge is -2.43. The van der Waals surface area contributed by atoms with Gasteiger partial charge in [0, 0.05) is 13.1 Å². The second-order valence-corrected chi connectivity index (χ2v) is 4.44. The summed E-state index contributed by atoms with van der Waals surface area (Å²) in [6.45, 7) is 9.66. The smallest absolute Gasteiger partial charge is 0.104 e. The maximum atomic E-state index is 9.16. The van der Waals surface area contributed by atoms with Crippen LogP contribution in [0.15, 0.2) is 0 Å². The van der Waals surface area contributed by atoms with Crippen LogP contribution in [0.25, 0.3) is 0 Å². The number of aliphatic hydroxyl groups is 1. The summed E-state index contributed by atoms with van der Waals surface area (Å²) in [7, 11) is 0. The first kappa shape index (κ1) is 9.96. The van der Waals surface area contributed by atoms with E-state index in [-0.39, 0.29) is 11.8 Å². The van der Waals surface area contributed by atoms with Gasteiger partial charge in [0.15, 0.2) is 0 Å². The Kier molecular flexibility index (Phi) is 2.76. The van der Waals surface area contributed by atoms with Crippen LogP contribution in [0.1, 0.15) is 27.7 Å². The van der Waals surface area contributed by atoms with Gasteiger partial charge < -0.3 is 9.84 Å². The highest BCUT2D eigenvalue weighted by Crippen LogP contribution is 2.19. The summed E-state index contributed by atoms with van der Waals surface area (Å²) in [4.78, 5) is 1.98. The van der Waals surface area contributed by atoms with Gasteiger partial charge in [-0.1, -0.05) is 0 Å². The zero-order valence-electron chi connectivity index (χ0n) is 8.37. The summed E-state index contributed by atoms with van der Waals surface area (Å²) in [6, 6.07) is 0. The highest BCUT2D eigenvalue weighted by atomic mass is 16.5. The molecule has 1 rings (SSSR count). The maximum Gasteiger partial charge on any atom is 0.104 e. The van der Waals surface area contributed by atoms with Gasteiger partial charge in [-0.2, -0.15) is 0 Å². The minimum atomic E-state index is -0.329. The fraction of sp³-hybridized carbons (Fsp3) is 1.00. The second-order valence-electron chi connectivity index (χ2n) is 4.44. The van der Waals surface area contributed by atoms with Crippen molar-refractivity contribution in [3.8, 4) is 0 Å². The monoisotopic (exact) mass is 173 g/mol. The average molecular weight is 173 g/mol. The van der Waals surface area contributed by atoms with Crippen LogP contribution in [0.3, 0.4) is 0 Å². The van der Waals surface area contributed by atoms with Crippen LogP contribution < -0.4 is 0 Å². The normalized spacial score (nSPS) is 23.8. The lowest BCUT2D eigenvalue weighted by molar-refractivity contribution is -0.159. The zero-order chi connectivity index (χ0) is 9.35. The van der Waals surface area contributed by atoms with E-state index < -0.39 is 0 Å². The number of nitrogens with zero attached hydrogens (tertiary/aromatic N) is 1. The van der Waals surface area contributed by atoms with Crippen molar-refractivity contribution < 1.29 is 9.84 Å². The minimum absolute atomic E-state index is 0.0601. The Bertz CT molecular complexity index is 145. The Morgan fingerprint density at radius 2 is 1.92 bits per heavy atom. The van der Waals surface area contributed by atoms with Crippen molar-refractivity contribution in [2.24, 2.45) is 0 Å². The van der Waals surface area contributed by atoms with Crippen molar-refractivity contribution in [3.63, 3.8) is 0 Å². The lowest BCUT2D eigenvalue weighted by atomic mass is 10.1. The third-order valence-electron chi connectivity index (χ3n) is 1.92. The molecule has 0 spiro atoms. The number of ether oxygens (including phenoxy) is 1. The van der Waals surface area contributed by atoms with E-state index in [1.165, 1.54) is 0 Å². The molecular weight excluding hydrogens is 154 g/mol. The molecule has 3 nitrogen and oxygen atoms in total. The minimum Gasteiger partial charge on any atom is -0.379 e. The molecular formula is C9H19NO2. The molecule has 0 radical (unpaired) electrons. The summed E-state index contributed by atoms with van der Waals surface area (Å²) in [5.41, 5.74) is -0.0601. The van der Waals surface area contributed by atoms with Gasteiger partial charge in [-0.15, -0.1) is 0 Å². The molecule has 1 N–H and O–H groups in total. The summed E-state index contributed by atoms with van der Waals surface area (Å²) < 4.78 is 5.70. The highest BCUT2D eigenvalue weighted by Gasteiger charge is 2.32. The SMILES string of the molecule is CC(O)N1CC(OC(C)(C)C)C1. The third kappa shape index (κ3) is 2.73. The van der Waals surface area contributed by atoms with Crippen molar-refractivity contribution in [2.75, 3.05) is 13.1 Å². The number of hydrogen-bond donors (Lipinski definition) is 1. The van der Waals surface area contributed by atoms with E-state index in [9.17, 15) is 0 Å². The van der Waals surface area contributed by atoms with E-state index >= 15 is 0 Å². The van der Waals surface area contributed by atoms with E-state index in [2.05, 4.69) is 20.8 Å². The molecule has 1 aliphatic rings. The molecule has 1 fully saturated rings. The van der Waals surface area contributed by atoms with Gasteiger partial charge in [-0.3, -0.25) is 4.90 Å². The Balaban J connectivity index is 2.18. The molecule has 3 heteroatoms. The molecule has 12 heavy (non-hydrogen) atoms. The Hall–Kier alpha value is -0.120. The van der Waals surface area contributed by atoms with Crippen molar-refractivity contribution >= 4 is 0 Å². The van der Waals surface area contributed by atoms with E-state index in [0.717, 1.165) is 13.1 Å². The number of rotatable bonds is 2. The largest absolute Gasteiger partial charge is 0.379 e. The summed E-state index contributed by atoms with van der Waals surface area (Å²) in [5, 5.41) is 9.16. The van der Waals surface area contributed by atoms with Crippen LogP contribution in [0.4, 0.5) is 0 Å². The molecule has 0 bridgehead atoms. The molecule has 0 aromatic carbocycles. The first-order chi connectivity index (χ1) is 5.38. The lowest BCUT2D eigenvalue weighted by Crippen LogP contribution is -2.57. The third-order valence-corrected chi connectivity index (χ3v) is 1.92. The number of aliphatic hydroxyl groups excluding tert-OH is 1. The molecule has 72 valence electrons. The van der Waals surface area contributed by atoms with Gasteiger partial charge in [-0.25, -0.2) is 0 Å². The van der Waals surface area contributed by atoms with E-state index in [1.54, 1.807) is 6.92 Å². The van der Waals surface area contributed by atoms with E-state index in [4.69, 9.17) is 9.84 Å². The molecule has 0 aromatic rings. The van der Waals surface area contributed by atoms with Crippen LogP contribution >= 0.6 is 0 Å². The number of likely N-dealkylation sites (tertiary alicyclic amines) is 1. The first-order valence-corrected chi connectivity index (χ1v) is 4.48. The molecule has 0 amide bonds. The predicted molar refractivity (Wildman–Crippen MR) is 47.9 cm³/mol. The molecule has 1 saturated heterocycles. The van der Waals surface area contributed by atoms with Crippen LogP contribution in [0.2, 0.25) is 0 Å². The zero-order valence-corrected chi connectivity index (χ0v) is 8.37. The van der Waals surface area contributed by atoms with Gasteiger partial charge in [0.1, 0.15) is 6.23 Å². The number of hydrogen-bond acceptors (Lipinski definition) is 3. The highest BCUT2D eigenvalue weighted by molar-refractivity contribution is 4.83. The van der Waals surface area contributed by atoms with Gasteiger partial charge in [-0.05, 0) is 27.7 Å². The fourth-order valence-corrected chi connectivity index (χ4v) is 1.35. The molecule has 0 aliphatic carbocycles. The molecule has 0 aromatic heterocycles. The topological polar surface area (TPSA) is 32.7 Å². The predicted octanol–water partition coefficient (Wildman–Crippen LogP) is 0.824. The van der Waals surface area contributed by atoms with Gasteiger partial charge >= 0.3 is 0 Å². The summed E-state index contributed by atoms with van der Waals surface area (Å²) in [5.74, 6) is 0. The van der Waals surface area contributed by atoms with Crippen molar-refractivity contribution in [2.45, 2.75) is 45.6 Å². The van der Waals surface area contributed by atoms with Crippen molar-refractivity contribution in [1.29, 1.82) is 0 Å². The van der Waals surface area contributed by atoms with Crippen LogP contribution in [-0.4, -0.2) is 41.0 Å². The molecule has 0 saturated carbocycles. The standard InChI is InChI=1S/C9H19NO2/c1-7(11)10-5-8(6-10)12-9(2,3)4/h7-8,11H,5-6H2,1-4H3. The fourth-order valence-electron chi connectivity index (χ4n) is 1.35.